The number of rotatable bonds is 7. The quantitative estimate of drug-likeness (QED) is 0.429. The molecule has 0 aromatic heterocycles. The third kappa shape index (κ3) is 4.78. The molecule has 0 saturated carbocycles. The SMILES string of the molecule is CCCCN(C(=O)/C=C/c1cccc([N+](=O)[O-])c1)c1ccccc1. The topological polar surface area (TPSA) is 63.5 Å². The van der Waals surface area contributed by atoms with Crippen molar-refractivity contribution in [3.63, 3.8) is 0 Å². The lowest BCUT2D eigenvalue weighted by atomic mass is 10.2. The van der Waals surface area contributed by atoms with Crippen molar-refractivity contribution in [1.29, 1.82) is 0 Å². The number of para-hydroxylation sites is 1. The smallest absolute Gasteiger partial charge is 0.270 e. The van der Waals surface area contributed by atoms with Gasteiger partial charge in [-0.05, 0) is 30.2 Å². The Hall–Kier alpha value is -2.95. The van der Waals surface area contributed by atoms with Crippen LogP contribution in [0.3, 0.4) is 0 Å². The summed E-state index contributed by atoms with van der Waals surface area (Å²) in [5.74, 6) is -0.138. The van der Waals surface area contributed by atoms with Gasteiger partial charge in [-0.25, -0.2) is 0 Å². The Kier molecular flexibility index (Phi) is 6.25. The Morgan fingerprint density at radius 3 is 2.58 bits per heavy atom. The van der Waals surface area contributed by atoms with Crippen molar-refractivity contribution in [2.24, 2.45) is 0 Å². The van der Waals surface area contributed by atoms with Gasteiger partial charge in [0, 0.05) is 30.4 Å². The molecular formula is C19H20N2O3. The first-order valence-corrected chi connectivity index (χ1v) is 7.91. The summed E-state index contributed by atoms with van der Waals surface area (Å²) in [5, 5.41) is 10.8. The van der Waals surface area contributed by atoms with Gasteiger partial charge in [-0.15, -0.1) is 0 Å². The molecule has 24 heavy (non-hydrogen) atoms. The largest absolute Gasteiger partial charge is 0.309 e. The Bertz CT molecular complexity index is 726. The summed E-state index contributed by atoms with van der Waals surface area (Å²) < 4.78 is 0. The average molecular weight is 324 g/mol. The van der Waals surface area contributed by atoms with Crippen molar-refractivity contribution >= 4 is 23.4 Å². The number of unbranched alkanes of at least 4 members (excludes halogenated alkanes) is 1. The van der Waals surface area contributed by atoms with E-state index in [4.69, 9.17) is 0 Å². The molecule has 5 nitrogen and oxygen atoms in total. The van der Waals surface area contributed by atoms with Gasteiger partial charge in [0.2, 0.25) is 0 Å². The van der Waals surface area contributed by atoms with E-state index in [9.17, 15) is 14.9 Å². The fraction of sp³-hybridized carbons (Fsp3) is 0.211. The minimum absolute atomic E-state index is 0.00972. The van der Waals surface area contributed by atoms with Crippen molar-refractivity contribution in [3.8, 4) is 0 Å². The van der Waals surface area contributed by atoms with E-state index in [-0.39, 0.29) is 11.6 Å². The minimum Gasteiger partial charge on any atom is -0.309 e. The molecule has 0 aliphatic heterocycles. The number of hydrogen-bond donors (Lipinski definition) is 0. The summed E-state index contributed by atoms with van der Waals surface area (Å²) in [4.78, 5) is 24.6. The minimum atomic E-state index is -0.448. The molecular weight excluding hydrogens is 304 g/mol. The predicted molar refractivity (Wildman–Crippen MR) is 95.8 cm³/mol. The molecule has 0 bridgehead atoms. The van der Waals surface area contributed by atoms with Crippen molar-refractivity contribution in [2.45, 2.75) is 19.8 Å². The van der Waals surface area contributed by atoms with Gasteiger partial charge < -0.3 is 4.90 Å². The number of amides is 1. The molecule has 0 fully saturated rings. The predicted octanol–water partition coefficient (Wildman–Crippen LogP) is 4.44. The summed E-state index contributed by atoms with van der Waals surface area (Å²) in [6.45, 7) is 2.71. The zero-order valence-corrected chi connectivity index (χ0v) is 13.6. The number of nitro benzene ring substituents is 1. The molecule has 0 heterocycles. The van der Waals surface area contributed by atoms with Crippen molar-refractivity contribution in [1.82, 2.24) is 0 Å². The first-order chi connectivity index (χ1) is 11.6. The molecule has 0 spiro atoms. The first-order valence-electron chi connectivity index (χ1n) is 7.91. The number of non-ortho nitro benzene ring substituents is 1. The number of nitrogens with zero attached hydrogens (tertiary/aromatic N) is 2. The van der Waals surface area contributed by atoms with E-state index in [0.717, 1.165) is 18.5 Å². The average Bonchev–Trinajstić information content (AvgIpc) is 2.61. The fourth-order valence-corrected chi connectivity index (χ4v) is 2.29. The highest BCUT2D eigenvalue weighted by atomic mass is 16.6. The fourth-order valence-electron chi connectivity index (χ4n) is 2.29. The number of nitro groups is 1. The zero-order valence-electron chi connectivity index (χ0n) is 13.6. The Morgan fingerprint density at radius 2 is 1.92 bits per heavy atom. The second-order valence-corrected chi connectivity index (χ2v) is 5.36. The molecule has 0 atom stereocenters. The zero-order chi connectivity index (χ0) is 17.4. The molecule has 0 unspecified atom stereocenters. The normalized spacial score (nSPS) is 10.7. The van der Waals surface area contributed by atoms with Crippen LogP contribution in [0.15, 0.2) is 60.7 Å². The number of anilines is 1. The van der Waals surface area contributed by atoms with Crippen LogP contribution in [-0.4, -0.2) is 17.4 Å². The van der Waals surface area contributed by atoms with Crippen LogP contribution >= 0.6 is 0 Å². The van der Waals surface area contributed by atoms with Crippen LogP contribution in [0, 0.1) is 10.1 Å². The van der Waals surface area contributed by atoms with Gasteiger partial charge in [-0.1, -0.05) is 43.7 Å². The van der Waals surface area contributed by atoms with Gasteiger partial charge in [-0.3, -0.25) is 14.9 Å². The lowest BCUT2D eigenvalue weighted by Gasteiger charge is -2.21. The van der Waals surface area contributed by atoms with E-state index in [0.29, 0.717) is 12.1 Å². The maximum atomic E-state index is 12.5. The first kappa shape index (κ1) is 17.4. The van der Waals surface area contributed by atoms with Crippen molar-refractivity contribution < 1.29 is 9.72 Å². The summed E-state index contributed by atoms with van der Waals surface area (Å²) in [7, 11) is 0. The molecule has 0 saturated heterocycles. The standard InChI is InChI=1S/C19H20N2O3/c1-2-3-14-20(17-9-5-4-6-10-17)19(22)13-12-16-8-7-11-18(15-16)21(23)24/h4-13,15H,2-3,14H2,1H3/b13-12+. The summed E-state index contributed by atoms with van der Waals surface area (Å²) in [5.41, 5.74) is 1.48. The van der Waals surface area contributed by atoms with Crippen molar-refractivity contribution in [3.05, 3.63) is 76.4 Å². The number of hydrogen-bond acceptors (Lipinski definition) is 3. The molecule has 0 N–H and O–H groups in total. The van der Waals surface area contributed by atoms with E-state index in [1.807, 2.05) is 30.3 Å². The van der Waals surface area contributed by atoms with Crippen LogP contribution in [0.4, 0.5) is 11.4 Å². The molecule has 2 aromatic carbocycles. The highest BCUT2D eigenvalue weighted by Crippen LogP contribution is 2.17. The molecule has 2 rings (SSSR count). The number of carbonyl (C=O) groups excluding carboxylic acids is 1. The summed E-state index contributed by atoms with van der Waals surface area (Å²) >= 11 is 0. The van der Waals surface area contributed by atoms with E-state index in [2.05, 4.69) is 6.92 Å². The second-order valence-electron chi connectivity index (χ2n) is 5.36. The lowest BCUT2D eigenvalue weighted by molar-refractivity contribution is -0.384. The van der Waals surface area contributed by atoms with Crippen LogP contribution in [0.25, 0.3) is 6.08 Å². The molecule has 2 aromatic rings. The van der Waals surface area contributed by atoms with Crippen LogP contribution in [0.5, 0.6) is 0 Å². The molecule has 0 aliphatic carbocycles. The van der Waals surface area contributed by atoms with Gasteiger partial charge in [0.25, 0.3) is 11.6 Å². The highest BCUT2D eigenvalue weighted by molar-refractivity contribution is 6.03. The van der Waals surface area contributed by atoms with Gasteiger partial charge in [0.15, 0.2) is 0 Å². The molecule has 0 aliphatic rings. The molecule has 0 radical (unpaired) electrons. The molecule has 1 amide bonds. The highest BCUT2D eigenvalue weighted by Gasteiger charge is 2.12. The second kappa shape index (κ2) is 8.62. The number of benzene rings is 2. The van der Waals surface area contributed by atoms with E-state index >= 15 is 0 Å². The Labute approximate surface area is 141 Å². The lowest BCUT2D eigenvalue weighted by Crippen LogP contribution is -2.30. The Balaban J connectivity index is 2.17. The van der Waals surface area contributed by atoms with Crippen LogP contribution in [0.1, 0.15) is 25.3 Å². The third-order valence-corrected chi connectivity index (χ3v) is 3.57. The van der Waals surface area contributed by atoms with E-state index in [1.54, 1.807) is 23.1 Å². The van der Waals surface area contributed by atoms with Gasteiger partial charge >= 0.3 is 0 Å². The van der Waals surface area contributed by atoms with Gasteiger partial charge in [0.05, 0.1) is 4.92 Å². The van der Waals surface area contributed by atoms with E-state index < -0.39 is 4.92 Å². The van der Waals surface area contributed by atoms with Gasteiger partial charge in [-0.2, -0.15) is 0 Å². The summed E-state index contributed by atoms with van der Waals surface area (Å²) in [6.07, 6.45) is 4.97. The molecule has 5 heteroatoms. The monoisotopic (exact) mass is 324 g/mol. The maximum Gasteiger partial charge on any atom is 0.270 e. The molecule has 124 valence electrons. The van der Waals surface area contributed by atoms with Gasteiger partial charge in [0.1, 0.15) is 0 Å². The Morgan fingerprint density at radius 1 is 1.17 bits per heavy atom. The van der Waals surface area contributed by atoms with Crippen LogP contribution < -0.4 is 4.90 Å². The third-order valence-electron chi connectivity index (χ3n) is 3.57. The summed E-state index contributed by atoms with van der Waals surface area (Å²) in [6, 6.07) is 15.7. The van der Waals surface area contributed by atoms with E-state index in [1.165, 1.54) is 18.2 Å². The maximum absolute atomic E-state index is 12.5. The number of carbonyl (C=O) groups is 1. The van der Waals surface area contributed by atoms with Crippen molar-refractivity contribution in [2.75, 3.05) is 11.4 Å². The van der Waals surface area contributed by atoms with Crippen LogP contribution in [-0.2, 0) is 4.79 Å². The van der Waals surface area contributed by atoms with Crippen LogP contribution in [0.2, 0.25) is 0 Å².